The second-order valence-electron chi connectivity index (χ2n) is 5.49. The summed E-state index contributed by atoms with van der Waals surface area (Å²) in [5.41, 5.74) is -0.156. The number of ether oxygens (including phenoxy) is 1. The van der Waals surface area contributed by atoms with Crippen LogP contribution in [0.2, 0.25) is 0 Å². The van der Waals surface area contributed by atoms with Crippen molar-refractivity contribution < 1.29 is 32.3 Å². The number of anilines is 1. The van der Waals surface area contributed by atoms with Crippen LogP contribution in [-0.4, -0.2) is 50.9 Å². The lowest BCUT2D eigenvalue weighted by Crippen LogP contribution is -2.22. The molecule has 1 aromatic carbocycles. The van der Waals surface area contributed by atoms with E-state index in [1.165, 1.54) is 46.3 Å². The van der Waals surface area contributed by atoms with Gasteiger partial charge in [-0.15, -0.1) is 0 Å². The summed E-state index contributed by atoms with van der Waals surface area (Å²) in [5.74, 6) is -1.92. The quantitative estimate of drug-likeness (QED) is 0.780. The number of carbonyl (C=O) groups is 2. The van der Waals surface area contributed by atoms with Gasteiger partial charge in [-0.2, -0.15) is 0 Å². The first-order valence-corrected chi connectivity index (χ1v) is 8.77. The van der Waals surface area contributed by atoms with E-state index in [9.17, 15) is 23.1 Å². The Labute approximate surface area is 150 Å². The summed E-state index contributed by atoms with van der Waals surface area (Å²) >= 11 is 0. The summed E-state index contributed by atoms with van der Waals surface area (Å²) in [6, 6.07) is 5.21. The van der Waals surface area contributed by atoms with Crippen LogP contribution >= 0.6 is 0 Å². The van der Waals surface area contributed by atoms with Crippen molar-refractivity contribution in [2.45, 2.75) is 11.8 Å². The number of hydrogen-bond donors (Lipinski definition) is 2. The molecule has 0 aliphatic rings. The molecule has 1 amide bonds. The van der Waals surface area contributed by atoms with Gasteiger partial charge in [-0.1, -0.05) is 0 Å². The van der Waals surface area contributed by atoms with E-state index in [-0.39, 0.29) is 27.7 Å². The van der Waals surface area contributed by atoms with Crippen molar-refractivity contribution in [2.75, 3.05) is 26.5 Å². The number of carboxylic acid groups (broad SMARTS) is 1. The summed E-state index contributed by atoms with van der Waals surface area (Å²) < 4.78 is 35.6. The highest BCUT2D eigenvalue weighted by atomic mass is 32.2. The summed E-state index contributed by atoms with van der Waals surface area (Å²) in [6.07, 6.45) is 0. The number of hydrogen-bond acceptors (Lipinski definition) is 6. The SMILES string of the molecule is COc1ccc(NC(=O)c2cc(S(=O)(=O)N(C)C)c(C)o2)c(C(=O)O)c1. The van der Waals surface area contributed by atoms with Crippen LogP contribution in [0.15, 0.2) is 33.6 Å². The fourth-order valence-electron chi connectivity index (χ4n) is 2.15. The van der Waals surface area contributed by atoms with Crippen molar-refractivity contribution in [3.63, 3.8) is 0 Å². The van der Waals surface area contributed by atoms with Gasteiger partial charge in [-0.25, -0.2) is 17.5 Å². The molecule has 2 aromatic rings. The summed E-state index contributed by atoms with van der Waals surface area (Å²) in [6.45, 7) is 1.42. The molecule has 2 N–H and O–H groups in total. The molecular weight excluding hydrogens is 364 g/mol. The third kappa shape index (κ3) is 3.70. The molecule has 0 aliphatic carbocycles. The minimum atomic E-state index is -3.77. The Morgan fingerprint density at radius 1 is 1.23 bits per heavy atom. The molecule has 10 heteroatoms. The van der Waals surface area contributed by atoms with Crippen LogP contribution in [0.5, 0.6) is 5.75 Å². The van der Waals surface area contributed by atoms with Crippen molar-refractivity contribution >= 4 is 27.6 Å². The number of nitrogens with zero attached hydrogens (tertiary/aromatic N) is 1. The molecule has 0 fully saturated rings. The van der Waals surface area contributed by atoms with Gasteiger partial charge in [-0.05, 0) is 25.1 Å². The Bertz CT molecular complexity index is 961. The van der Waals surface area contributed by atoms with Crippen LogP contribution in [0, 0.1) is 6.92 Å². The van der Waals surface area contributed by atoms with Crippen LogP contribution in [-0.2, 0) is 10.0 Å². The van der Waals surface area contributed by atoms with Crippen LogP contribution in [0.25, 0.3) is 0 Å². The van der Waals surface area contributed by atoms with Gasteiger partial charge in [-0.3, -0.25) is 4.79 Å². The molecule has 0 aliphatic heterocycles. The Kier molecular flexibility index (Phi) is 5.38. The van der Waals surface area contributed by atoms with Gasteiger partial charge in [0, 0.05) is 20.2 Å². The number of carbonyl (C=O) groups excluding carboxylic acids is 1. The van der Waals surface area contributed by atoms with Gasteiger partial charge in [0.2, 0.25) is 10.0 Å². The van der Waals surface area contributed by atoms with E-state index in [1.54, 1.807) is 0 Å². The lowest BCUT2D eigenvalue weighted by Gasteiger charge is -2.09. The topological polar surface area (TPSA) is 126 Å². The van der Waals surface area contributed by atoms with Gasteiger partial charge in [0.05, 0.1) is 18.4 Å². The number of amides is 1. The fraction of sp³-hybridized carbons (Fsp3) is 0.250. The van der Waals surface area contributed by atoms with Gasteiger partial charge in [0.15, 0.2) is 5.76 Å². The average molecular weight is 382 g/mol. The molecule has 0 saturated heterocycles. The van der Waals surface area contributed by atoms with Gasteiger partial charge in [0.25, 0.3) is 5.91 Å². The first kappa shape index (κ1) is 19.5. The molecule has 0 saturated carbocycles. The Morgan fingerprint density at radius 2 is 1.88 bits per heavy atom. The monoisotopic (exact) mass is 382 g/mol. The summed E-state index contributed by atoms with van der Waals surface area (Å²) in [7, 11) is 0.330. The summed E-state index contributed by atoms with van der Waals surface area (Å²) in [5, 5.41) is 11.7. The van der Waals surface area contributed by atoms with Crippen LogP contribution in [0.1, 0.15) is 26.7 Å². The maximum atomic E-state index is 12.4. The van der Waals surface area contributed by atoms with E-state index < -0.39 is 21.9 Å². The van der Waals surface area contributed by atoms with Crippen molar-refractivity contribution in [1.29, 1.82) is 0 Å². The van der Waals surface area contributed by atoms with Crippen molar-refractivity contribution in [3.05, 3.63) is 41.3 Å². The Hall–Kier alpha value is -2.85. The van der Waals surface area contributed by atoms with E-state index in [2.05, 4.69) is 5.32 Å². The lowest BCUT2D eigenvalue weighted by atomic mass is 10.1. The van der Waals surface area contributed by atoms with Crippen LogP contribution < -0.4 is 10.1 Å². The molecule has 1 heterocycles. The van der Waals surface area contributed by atoms with Crippen molar-refractivity contribution in [1.82, 2.24) is 4.31 Å². The summed E-state index contributed by atoms with van der Waals surface area (Å²) in [4.78, 5) is 23.6. The smallest absolute Gasteiger partial charge is 0.337 e. The number of furan rings is 1. The number of carboxylic acids is 1. The van der Waals surface area contributed by atoms with Crippen LogP contribution in [0.3, 0.4) is 0 Å². The number of aromatic carboxylic acids is 1. The zero-order valence-electron chi connectivity index (χ0n) is 14.6. The van der Waals surface area contributed by atoms with Crippen molar-refractivity contribution in [2.24, 2.45) is 0 Å². The molecule has 0 unspecified atom stereocenters. The van der Waals surface area contributed by atoms with E-state index in [0.717, 1.165) is 10.4 Å². The molecule has 140 valence electrons. The maximum absolute atomic E-state index is 12.4. The van der Waals surface area contributed by atoms with Crippen molar-refractivity contribution in [3.8, 4) is 5.75 Å². The second kappa shape index (κ2) is 7.18. The normalized spacial score (nSPS) is 11.4. The molecule has 26 heavy (non-hydrogen) atoms. The Balaban J connectivity index is 2.37. The highest BCUT2D eigenvalue weighted by Crippen LogP contribution is 2.25. The van der Waals surface area contributed by atoms with E-state index in [0.29, 0.717) is 5.75 Å². The van der Waals surface area contributed by atoms with Gasteiger partial charge < -0.3 is 19.6 Å². The molecule has 0 bridgehead atoms. The third-order valence-electron chi connectivity index (χ3n) is 3.56. The Morgan fingerprint density at radius 3 is 2.42 bits per heavy atom. The highest BCUT2D eigenvalue weighted by molar-refractivity contribution is 7.89. The van der Waals surface area contributed by atoms with Gasteiger partial charge >= 0.3 is 5.97 Å². The maximum Gasteiger partial charge on any atom is 0.337 e. The molecule has 0 spiro atoms. The highest BCUT2D eigenvalue weighted by Gasteiger charge is 2.26. The van der Waals surface area contributed by atoms with Crippen LogP contribution in [0.4, 0.5) is 5.69 Å². The minimum absolute atomic E-state index is 0.0226. The standard InChI is InChI=1S/C16H18N2O7S/c1-9-14(26(22,23)18(2)3)8-13(25-9)15(19)17-12-6-5-10(24-4)7-11(12)16(20)21/h5-8H,1-4H3,(H,17,19)(H,20,21). The number of methoxy groups -OCH3 is 1. The van der Waals surface area contributed by atoms with Gasteiger partial charge in [0.1, 0.15) is 16.4 Å². The molecule has 2 rings (SSSR count). The largest absolute Gasteiger partial charge is 0.497 e. The first-order valence-electron chi connectivity index (χ1n) is 7.33. The van der Waals surface area contributed by atoms with E-state index >= 15 is 0 Å². The van der Waals surface area contributed by atoms with E-state index in [4.69, 9.17) is 9.15 Å². The average Bonchev–Trinajstić information content (AvgIpc) is 2.97. The third-order valence-corrected chi connectivity index (χ3v) is 5.48. The minimum Gasteiger partial charge on any atom is -0.497 e. The number of benzene rings is 1. The molecular formula is C16H18N2O7S. The molecule has 9 nitrogen and oxygen atoms in total. The zero-order chi connectivity index (χ0) is 19.6. The zero-order valence-corrected chi connectivity index (χ0v) is 15.4. The lowest BCUT2D eigenvalue weighted by molar-refractivity contribution is 0.0697. The number of aryl methyl sites for hydroxylation is 1. The number of nitrogens with one attached hydrogen (secondary N) is 1. The molecule has 0 atom stereocenters. The first-order chi connectivity index (χ1) is 12.1. The van der Waals surface area contributed by atoms with E-state index in [1.807, 2.05) is 0 Å². The predicted molar refractivity (Wildman–Crippen MR) is 92.2 cm³/mol. The number of sulfonamides is 1. The fourth-order valence-corrected chi connectivity index (χ4v) is 3.20. The second-order valence-corrected chi connectivity index (χ2v) is 7.61. The number of rotatable bonds is 6. The molecule has 0 radical (unpaired) electrons. The predicted octanol–water partition coefficient (Wildman–Crippen LogP) is 1.80. The molecule has 1 aromatic heterocycles.